The van der Waals surface area contributed by atoms with E-state index in [0.29, 0.717) is 0 Å². The zero-order valence-electron chi connectivity index (χ0n) is 11.0. The van der Waals surface area contributed by atoms with E-state index in [4.69, 9.17) is 10.5 Å². The summed E-state index contributed by atoms with van der Waals surface area (Å²) >= 11 is 0. The first-order valence-electron chi connectivity index (χ1n) is 6.26. The summed E-state index contributed by atoms with van der Waals surface area (Å²) < 4.78 is 6.01. The second-order valence-electron chi connectivity index (χ2n) is 5.40. The molecule has 0 unspecified atom stereocenters. The minimum Gasteiger partial charge on any atom is -0.484 e. The van der Waals surface area contributed by atoms with E-state index in [-0.39, 0.29) is 5.60 Å². The third-order valence-electron chi connectivity index (χ3n) is 3.05. The standard InChI is InChI=1S/C14H22N2O/c1-11-5-6-13-12(9-11)16(8-4-7-15)10-14(2,3)17-13/h5-6,9H,4,7-8,10,15H2,1-3H3. The monoisotopic (exact) mass is 234 g/mol. The van der Waals surface area contributed by atoms with Crippen LogP contribution in [0.4, 0.5) is 5.69 Å². The summed E-state index contributed by atoms with van der Waals surface area (Å²) in [7, 11) is 0. The molecule has 1 heterocycles. The third kappa shape index (κ3) is 2.72. The Balaban J connectivity index is 2.30. The fourth-order valence-corrected chi connectivity index (χ4v) is 2.32. The van der Waals surface area contributed by atoms with Crippen LogP contribution in [0.1, 0.15) is 25.8 Å². The molecule has 0 fully saturated rings. The van der Waals surface area contributed by atoms with Crippen LogP contribution in [0.25, 0.3) is 0 Å². The van der Waals surface area contributed by atoms with Crippen LogP contribution in [0.15, 0.2) is 18.2 Å². The Kier molecular flexibility index (Phi) is 3.29. The van der Waals surface area contributed by atoms with Crippen molar-refractivity contribution in [2.24, 2.45) is 5.73 Å². The quantitative estimate of drug-likeness (QED) is 0.872. The van der Waals surface area contributed by atoms with E-state index in [9.17, 15) is 0 Å². The first-order chi connectivity index (χ1) is 8.02. The van der Waals surface area contributed by atoms with Gasteiger partial charge in [-0.1, -0.05) is 6.07 Å². The number of aryl methyl sites for hydroxylation is 1. The summed E-state index contributed by atoms with van der Waals surface area (Å²) in [6, 6.07) is 6.36. The summed E-state index contributed by atoms with van der Waals surface area (Å²) in [4.78, 5) is 2.39. The second kappa shape index (κ2) is 4.57. The molecule has 0 bridgehead atoms. The van der Waals surface area contributed by atoms with Gasteiger partial charge in [-0.15, -0.1) is 0 Å². The third-order valence-corrected chi connectivity index (χ3v) is 3.05. The Morgan fingerprint density at radius 2 is 2.18 bits per heavy atom. The molecule has 3 heteroatoms. The maximum absolute atomic E-state index is 6.01. The lowest BCUT2D eigenvalue weighted by Gasteiger charge is -2.41. The smallest absolute Gasteiger partial charge is 0.143 e. The van der Waals surface area contributed by atoms with Gasteiger partial charge in [-0.25, -0.2) is 0 Å². The van der Waals surface area contributed by atoms with E-state index in [1.165, 1.54) is 11.3 Å². The largest absolute Gasteiger partial charge is 0.484 e. The normalized spacial score (nSPS) is 17.5. The maximum atomic E-state index is 6.01. The van der Waals surface area contributed by atoms with Crippen LogP contribution in [0.3, 0.4) is 0 Å². The summed E-state index contributed by atoms with van der Waals surface area (Å²) in [5, 5.41) is 0. The topological polar surface area (TPSA) is 38.5 Å². The van der Waals surface area contributed by atoms with Crippen molar-refractivity contribution < 1.29 is 4.74 Å². The van der Waals surface area contributed by atoms with Crippen molar-refractivity contribution in [3.05, 3.63) is 23.8 Å². The van der Waals surface area contributed by atoms with Gasteiger partial charge in [0, 0.05) is 6.54 Å². The maximum Gasteiger partial charge on any atom is 0.143 e. The van der Waals surface area contributed by atoms with Gasteiger partial charge in [0.05, 0.1) is 12.2 Å². The average molecular weight is 234 g/mol. The van der Waals surface area contributed by atoms with Crippen LogP contribution in [-0.4, -0.2) is 25.2 Å². The van der Waals surface area contributed by atoms with Gasteiger partial charge in [0.15, 0.2) is 0 Å². The van der Waals surface area contributed by atoms with Crippen LogP contribution in [-0.2, 0) is 0 Å². The highest BCUT2D eigenvalue weighted by molar-refractivity contribution is 5.62. The van der Waals surface area contributed by atoms with Gasteiger partial charge in [0.25, 0.3) is 0 Å². The number of benzene rings is 1. The first-order valence-corrected chi connectivity index (χ1v) is 6.26. The molecule has 17 heavy (non-hydrogen) atoms. The SMILES string of the molecule is Cc1ccc2c(c1)N(CCCN)CC(C)(C)O2. The van der Waals surface area contributed by atoms with Crippen molar-refractivity contribution in [2.45, 2.75) is 32.8 Å². The van der Waals surface area contributed by atoms with E-state index in [1.807, 2.05) is 0 Å². The highest BCUT2D eigenvalue weighted by Crippen LogP contribution is 2.37. The van der Waals surface area contributed by atoms with Crippen molar-refractivity contribution in [1.82, 2.24) is 0 Å². The molecular formula is C14H22N2O. The lowest BCUT2D eigenvalue weighted by atomic mass is 10.0. The van der Waals surface area contributed by atoms with Crippen LogP contribution < -0.4 is 15.4 Å². The zero-order valence-corrected chi connectivity index (χ0v) is 11.0. The van der Waals surface area contributed by atoms with E-state index in [0.717, 1.165) is 31.8 Å². The zero-order chi connectivity index (χ0) is 12.5. The molecule has 1 aliphatic heterocycles. The minimum atomic E-state index is -0.128. The van der Waals surface area contributed by atoms with Gasteiger partial charge in [-0.05, 0) is 51.4 Å². The number of rotatable bonds is 3. The Morgan fingerprint density at radius 1 is 1.41 bits per heavy atom. The molecule has 0 atom stereocenters. The summed E-state index contributed by atoms with van der Waals surface area (Å²) in [5.74, 6) is 0.990. The number of hydrogen-bond acceptors (Lipinski definition) is 3. The Hall–Kier alpha value is -1.22. The summed E-state index contributed by atoms with van der Waals surface area (Å²) in [6.45, 7) is 9.03. The van der Waals surface area contributed by atoms with Gasteiger partial charge in [0.2, 0.25) is 0 Å². The lowest BCUT2D eigenvalue weighted by molar-refractivity contribution is 0.105. The fourth-order valence-electron chi connectivity index (χ4n) is 2.32. The summed E-state index contributed by atoms with van der Waals surface area (Å²) in [6.07, 6.45) is 1.02. The van der Waals surface area contributed by atoms with Gasteiger partial charge in [-0.3, -0.25) is 0 Å². The number of nitrogens with zero attached hydrogens (tertiary/aromatic N) is 1. The van der Waals surface area contributed by atoms with Gasteiger partial charge in [-0.2, -0.15) is 0 Å². The number of nitrogens with two attached hydrogens (primary N) is 1. The predicted molar refractivity (Wildman–Crippen MR) is 71.8 cm³/mol. The predicted octanol–water partition coefficient (Wildman–Crippen LogP) is 2.32. The highest BCUT2D eigenvalue weighted by Gasteiger charge is 2.31. The van der Waals surface area contributed by atoms with Crippen molar-refractivity contribution in [2.75, 3.05) is 24.5 Å². The minimum absolute atomic E-state index is 0.128. The average Bonchev–Trinajstić information content (AvgIpc) is 2.26. The molecule has 0 aliphatic carbocycles. The molecule has 0 saturated heterocycles. The van der Waals surface area contributed by atoms with Crippen LogP contribution in [0.2, 0.25) is 0 Å². The van der Waals surface area contributed by atoms with Crippen LogP contribution in [0.5, 0.6) is 5.75 Å². The molecule has 0 aromatic heterocycles. The van der Waals surface area contributed by atoms with Gasteiger partial charge in [0.1, 0.15) is 11.4 Å². The molecule has 2 rings (SSSR count). The Morgan fingerprint density at radius 3 is 2.88 bits per heavy atom. The molecule has 94 valence electrons. The van der Waals surface area contributed by atoms with E-state index < -0.39 is 0 Å². The number of ether oxygens (including phenoxy) is 1. The Bertz CT molecular complexity index is 401. The molecule has 0 spiro atoms. The van der Waals surface area contributed by atoms with Crippen molar-refractivity contribution in [1.29, 1.82) is 0 Å². The van der Waals surface area contributed by atoms with Crippen LogP contribution in [0, 0.1) is 6.92 Å². The van der Waals surface area contributed by atoms with Gasteiger partial charge >= 0.3 is 0 Å². The molecule has 0 amide bonds. The molecule has 0 saturated carbocycles. The molecular weight excluding hydrogens is 212 g/mol. The number of fused-ring (bicyclic) bond motifs is 1. The van der Waals surface area contributed by atoms with Crippen molar-refractivity contribution in [3.8, 4) is 5.75 Å². The number of hydrogen-bond donors (Lipinski definition) is 1. The number of anilines is 1. The summed E-state index contributed by atoms with van der Waals surface area (Å²) in [5.41, 5.74) is 7.95. The van der Waals surface area contributed by atoms with Gasteiger partial charge < -0.3 is 15.4 Å². The molecule has 1 aromatic carbocycles. The van der Waals surface area contributed by atoms with Crippen molar-refractivity contribution in [3.63, 3.8) is 0 Å². The molecule has 1 aliphatic rings. The highest BCUT2D eigenvalue weighted by atomic mass is 16.5. The second-order valence-corrected chi connectivity index (χ2v) is 5.40. The Labute approximate surface area is 104 Å². The molecule has 2 N–H and O–H groups in total. The first kappa shape index (κ1) is 12.2. The van der Waals surface area contributed by atoms with E-state index in [1.54, 1.807) is 0 Å². The molecule has 0 radical (unpaired) electrons. The van der Waals surface area contributed by atoms with E-state index in [2.05, 4.69) is 43.9 Å². The van der Waals surface area contributed by atoms with Crippen molar-refractivity contribution >= 4 is 5.69 Å². The molecule has 3 nitrogen and oxygen atoms in total. The fraction of sp³-hybridized carbons (Fsp3) is 0.571. The lowest BCUT2D eigenvalue weighted by Crippen LogP contribution is -2.47. The van der Waals surface area contributed by atoms with Crippen LogP contribution >= 0.6 is 0 Å². The van der Waals surface area contributed by atoms with E-state index >= 15 is 0 Å². The molecule has 1 aromatic rings.